The Labute approximate surface area is 163 Å². The van der Waals surface area contributed by atoms with Crippen LogP contribution in [0.25, 0.3) is 11.1 Å². The van der Waals surface area contributed by atoms with Crippen LogP contribution in [0.5, 0.6) is 0 Å². The van der Waals surface area contributed by atoms with Gasteiger partial charge in [-0.25, -0.2) is 0 Å². The molecule has 0 spiro atoms. The maximum absolute atomic E-state index is 12.8. The highest BCUT2D eigenvalue weighted by molar-refractivity contribution is 6.08. The first kappa shape index (κ1) is 17.6. The molecule has 2 aromatic heterocycles. The van der Waals surface area contributed by atoms with Crippen molar-refractivity contribution in [3.05, 3.63) is 114 Å². The average Bonchev–Trinajstić information content (AvgIpc) is 2.76. The average molecular weight is 365 g/mol. The van der Waals surface area contributed by atoms with Crippen molar-refractivity contribution in [1.82, 2.24) is 9.97 Å². The van der Waals surface area contributed by atoms with E-state index in [1.54, 1.807) is 18.6 Å². The zero-order valence-corrected chi connectivity index (χ0v) is 15.2. The van der Waals surface area contributed by atoms with Crippen molar-refractivity contribution in [3.63, 3.8) is 0 Å². The Balaban J connectivity index is 1.50. The smallest absolute Gasteiger partial charge is 0.256 e. The molecule has 0 aliphatic rings. The first-order chi connectivity index (χ1) is 13.8. The predicted molar refractivity (Wildman–Crippen MR) is 111 cm³/mol. The first-order valence-corrected chi connectivity index (χ1v) is 9.09. The van der Waals surface area contributed by atoms with Crippen LogP contribution >= 0.6 is 0 Å². The number of nitrogens with one attached hydrogen (secondary N) is 1. The number of amides is 1. The molecule has 0 unspecified atom stereocenters. The normalized spacial score (nSPS) is 10.4. The molecule has 0 aliphatic heterocycles. The molecule has 0 saturated heterocycles. The lowest BCUT2D eigenvalue weighted by Gasteiger charge is -2.11. The molecule has 1 amide bonds. The van der Waals surface area contributed by atoms with Gasteiger partial charge in [-0.1, -0.05) is 36.4 Å². The zero-order valence-electron chi connectivity index (χ0n) is 15.2. The van der Waals surface area contributed by atoms with Gasteiger partial charge >= 0.3 is 0 Å². The molecule has 4 nitrogen and oxygen atoms in total. The lowest BCUT2D eigenvalue weighted by Crippen LogP contribution is -2.13. The van der Waals surface area contributed by atoms with E-state index in [1.165, 1.54) is 0 Å². The summed E-state index contributed by atoms with van der Waals surface area (Å²) in [6.07, 6.45) is 6.01. The number of nitrogens with zero attached hydrogens (tertiary/aromatic N) is 2. The van der Waals surface area contributed by atoms with Crippen LogP contribution in [0, 0.1) is 0 Å². The lowest BCUT2D eigenvalue weighted by molar-refractivity contribution is 0.102. The number of anilines is 1. The number of rotatable bonds is 5. The molecule has 0 atom stereocenters. The van der Waals surface area contributed by atoms with E-state index in [4.69, 9.17) is 0 Å². The van der Waals surface area contributed by atoms with Crippen LogP contribution in [0.4, 0.5) is 5.69 Å². The summed E-state index contributed by atoms with van der Waals surface area (Å²) in [5.74, 6) is -0.134. The van der Waals surface area contributed by atoms with Gasteiger partial charge in [-0.3, -0.25) is 14.8 Å². The lowest BCUT2D eigenvalue weighted by atomic mass is 10.00. The number of hydrogen-bond donors (Lipinski definition) is 1. The summed E-state index contributed by atoms with van der Waals surface area (Å²) < 4.78 is 0. The highest BCUT2D eigenvalue weighted by Gasteiger charge is 2.12. The van der Waals surface area contributed by atoms with Crippen LogP contribution in [-0.2, 0) is 6.42 Å². The fourth-order valence-electron chi connectivity index (χ4n) is 3.08. The number of carbonyl (C=O) groups excluding carboxylic acids is 1. The number of pyridine rings is 2. The van der Waals surface area contributed by atoms with E-state index >= 15 is 0 Å². The van der Waals surface area contributed by atoms with Crippen molar-refractivity contribution < 1.29 is 4.79 Å². The van der Waals surface area contributed by atoms with E-state index in [2.05, 4.69) is 15.3 Å². The van der Waals surface area contributed by atoms with Crippen molar-refractivity contribution in [2.75, 3.05) is 5.32 Å². The summed E-state index contributed by atoms with van der Waals surface area (Å²) in [4.78, 5) is 21.2. The molecule has 0 bridgehead atoms. The van der Waals surface area contributed by atoms with E-state index < -0.39 is 0 Å². The predicted octanol–water partition coefficient (Wildman–Crippen LogP) is 4.99. The fourth-order valence-corrected chi connectivity index (χ4v) is 3.08. The Morgan fingerprint density at radius 3 is 2.29 bits per heavy atom. The molecule has 28 heavy (non-hydrogen) atoms. The molecule has 0 aliphatic carbocycles. The van der Waals surface area contributed by atoms with E-state index in [0.717, 1.165) is 34.5 Å². The molecule has 0 radical (unpaired) electrons. The summed E-state index contributed by atoms with van der Waals surface area (Å²) in [5.41, 5.74) is 5.41. The molecule has 1 N–H and O–H groups in total. The minimum atomic E-state index is -0.134. The summed E-state index contributed by atoms with van der Waals surface area (Å²) in [7, 11) is 0. The minimum absolute atomic E-state index is 0.134. The van der Waals surface area contributed by atoms with Crippen LogP contribution in [-0.4, -0.2) is 15.9 Å². The summed E-state index contributed by atoms with van der Waals surface area (Å²) in [6, 6.07) is 25.1. The molecule has 2 heterocycles. The molecule has 4 heteroatoms. The Hall–Kier alpha value is -3.79. The molecular formula is C24H19N3O. The summed E-state index contributed by atoms with van der Waals surface area (Å²) in [5, 5.41) is 2.99. The second-order valence-corrected chi connectivity index (χ2v) is 6.43. The van der Waals surface area contributed by atoms with E-state index in [9.17, 15) is 4.79 Å². The van der Waals surface area contributed by atoms with Crippen LogP contribution in [0.15, 0.2) is 97.5 Å². The number of benzene rings is 2. The van der Waals surface area contributed by atoms with Gasteiger partial charge in [0.1, 0.15) is 0 Å². The number of aromatic nitrogens is 2. The monoisotopic (exact) mass is 365 g/mol. The SMILES string of the molecule is O=C(Nc1ccc(Cc2ccccn2)cc1)c1ccccc1-c1ccncc1. The van der Waals surface area contributed by atoms with Gasteiger partial charge in [-0.15, -0.1) is 0 Å². The Kier molecular flexibility index (Phi) is 5.20. The zero-order chi connectivity index (χ0) is 19.2. The maximum atomic E-state index is 12.8. The van der Waals surface area contributed by atoms with Crippen LogP contribution < -0.4 is 5.32 Å². The van der Waals surface area contributed by atoms with Gasteiger partial charge < -0.3 is 5.32 Å². The molecule has 4 aromatic rings. The quantitative estimate of drug-likeness (QED) is 0.542. The molecule has 2 aromatic carbocycles. The second-order valence-electron chi connectivity index (χ2n) is 6.43. The van der Waals surface area contributed by atoms with Gasteiger partial charge in [0.2, 0.25) is 0 Å². The Morgan fingerprint density at radius 1 is 0.786 bits per heavy atom. The summed E-state index contributed by atoms with van der Waals surface area (Å²) in [6.45, 7) is 0. The Bertz CT molecular complexity index is 1060. The van der Waals surface area contributed by atoms with Gasteiger partial charge in [-0.05, 0) is 59.2 Å². The topological polar surface area (TPSA) is 54.9 Å². The van der Waals surface area contributed by atoms with Gasteiger partial charge in [-0.2, -0.15) is 0 Å². The molecule has 136 valence electrons. The van der Waals surface area contributed by atoms with E-state index in [-0.39, 0.29) is 5.91 Å². The Morgan fingerprint density at radius 2 is 1.54 bits per heavy atom. The van der Waals surface area contributed by atoms with E-state index in [0.29, 0.717) is 5.56 Å². The number of carbonyl (C=O) groups is 1. The second kappa shape index (κ2) is 8.27. The van der Waals surface area contributed by atoms with Crippen molar-refractivity contribution in [2.45, 2.75) is 6.42 Å². The van der Waals surface area contributed by atoms with Gasteiger partial charge in [0, 0.05) is 42.0 Å². The number of hydrogen-bond acceptors (Lipinski definition) is 3. The van der Waals surface area contributed by atoms with Crippen molar-refractivity contribution in [3.8, 4) is 11.1 Å². The maximum Gasteiger partial charge on any atom is 0.256 e. The molecular weight excluding hydrogens is 346 g/mol. The summed E-state index contributed by atoms with van der Waals surface area (Å²) >= 11 is 0. The van der Waals surface area contributed by atoms with Crippen LogP contribution in [0.1, 0.15) is 21.6 Å². The van der Waals surface area contributed by atoms with Crippen molar-refractivity contribution in [1.29, 1.82) is 0 Å². The largest absolute Gasteiger partial charge is 0.322 e. The van der Waals surface area contributed by atoms with Crippen molar-refractivity contribution >= 4 is 11.6 Å². The third kappa shape index (κ3) is 4.13. The third-order valence-electron chi connectivity index (χ3n) is 4.49. The minimum Gasteiger partial charge on any atom is -0.322 e. The van der Waals surface area contributed by atoms with Crippen LogP contribution in [0.2, 0.25) is 0 Å². The molecule has 0 fully saturated rings. The van der Waals surface area contributed by atoms with Crippen LogP contribution in [0.3, 0.4) is 0 Å². The fraction of sp³-hybridized carbons (Fsp3) is 0.0417. The van der Waals surface area contributed by atoms with Gasteiger partial charge in [0.25, 0.3) is 5.91 Å². The standard InChI is InChI=1S/C24H19N3O/c28-24(23-7-2-1-6-22(23)19-12-15-25-16-13-19)27-20-10-8-18(9-11-20)17-21-5-3-4-14-26-21/h1-16H,17H2,(H,27,28). The molecule has 0 saturated carbocycles. The van der Waals surface area contributed by atoms with Crippen molar-refractivity contribution in [2.24, 2.45) is 0 Å². The van der Waals surface area contributed by atoms with E-state index in [1.807, 2.05) is 78.9 Å². The first-order valence-electron chi connectivity index (χ1n) is 9.09. The van der Waals surface area contributed by atoms with Gasteiger partial charge in [0.15, 0.2) is 0 Å². The highest BCUT2D eigenvalue weighted by Crippen LogP contribution is 2.24. The highest BCUT2D eigenvalue weighted by atomic mass is 16.1. The molecule has 4 rings (SSSR count). The van der Waals surface area contributed by atoms with Gasteiger partial charge in [0.05, 0.1) is 0 Å². The third-order valence-corrected chi connectivity index (χ3v) is 4.49.